The van der Waals surface area contributed by atoms with Gasteiger partial charge >= 0.3 is 0 Å². The first kappa shape index (κ1) is 18.8. The minimum absolute atomic E-state index is 0.500. The summed E-state index contributed by atoms with van der Waals surface area (Å²) < 4.78 is 0. The van der Waals surface area contributed by atoms with Crippen LogP contribution in [0.15, 0.2) is 34.7 Å². The molecule has 0 aromatic carbocycles. The predicted molar refractivity (Wildman–Crippen MR) is 109 cm³/mol. The van der Waals surface area contributed by atoms with Gasteiger partial charge in [0.25, 0.3) is 0 Å². The fourth-order valence-corrected chi connectivity index (χ4v) is 3.53. The van der Waals surface area contributed by atoms with E-state index in [1.165, 1.54) is 31.0 Å². The second kappa shape index (κ2) is 9.63. The molecular weight excluding hydrogens is 366 g/mol. The van der Waals surface area contributed by atoms with Crippen LogP contribution in [0.5, 0.6) is 0 Å². The highest BCUT2D eigenvalue weighted by atomic mass is 32.2. The molecule has 26 heavy (non-hydrogen) atoms. The molecule has 138 valence electrons. The Kier molecular flexibility index (Phi) is 6.96. The number of anilines is 2. The number of aromatic nitrogens is 4. The summed E-state index contributed by atoms with van der Waals surface area (Å²) in [5.74, 6) is 1.42. The van der Waals surface area contributed by atoms with Gasteiger partial charge in [-0.2, -0.15) is 4.98 Å². The first-order valence-electron chi connectivity index (χ1n) is 8.88. The molecule has 1 saturated heterocycles. The predicted octanol–water partition coefficient (Wildman–Crippen LogP) is 3.10. The second-order valence-corrected chi connectivity index (χ2v) is 7.35. The van der Waals surface area contributed by atoms with Crippen molar-refractivity contribution in [3.05, 3.63) is 24.5 Å². The molecular formula is C17H23N7S2. The molecule has 0 bridgehead atoms. The molecule has 2 N–H and O–H groups in total. The number of rotatable bonds is 6. The van der Waals surface area contributed by atoms with E-state index in [2.05, 4.69) is 42.4 Å². The Morgan fingerprint density at radius 2 is 1.96 bits per heavy atom. The highest BCUT2D eigenvalue weighted by Crippen LogP contribution is 2.28. The zero-order valence-corrected chi connectivity index (χ0v) is 16.4. The number of piperidine rings is 1. The lowest BCUT2D eigenvalue weighted by atomic mass is 10.1. The van der Waals surface area contributed by atoms with Crippen LogP contribution in [0.1, 0.15) is 32.6 Å². The molecule has 0 unspecified atom stereocenters. The van der Waals surface area contributed by atoms with E-state index in [1.807, 2.05) is 6.07 Å². The maximum atomic E-state index is 5.33. The van der Waals surface area contributed by atoms with Crippen LogP contribution < -0.4 is 15.5 Å². The van der Waals surface area contributed by atoms with Crippen molar-refractivity contribution in [2.75, 3.05) is 29.9 Å². The van der Waals surface area contributed by atoms with Crippen molar-refractivity contribution in [3.8, 4) is 0 Å². The van der Waals surface area contributed by atoms with Crippen molar-refractivity contribution < 1.29 is 0 Å². The summed E-state index contributed by atoms with van der Waals surface area (Å²) in [6.45, 7) is 4.94. The SMILES string of the molecule is CCCNC(=S)Nc1nc(Sc2ncccn2)cc(N2CCCCC2)n1. The summed E-state index contributed by atoms with van der Waals surface area (Å²) in [5.41, 5.74) is 0. The van der Waals surface area contributed by atoms with E-state index in [0.29, 0.717) is 16.2 Å². The Balaban J connectivity index is 1.82. The number of hydrogen-bond acceptors (Lipinski definition) is 7. The minimum atomic E-state index is 0.500. The number of hydrogen-bond donors (Lipinski definition) is 2. The van der Waals surface area contributed by atoms with Crippen LogP contribution in [0.4, 0.5) is 11.8 Å². The van der Waals surface area contributed by atoms with Crippen molar-refractivity contribution in [1.82, 2.24) is 25.3 Å². The first-order valence-corrected chi connectivity index (χ1v) is 10.1. The van der Waals surface area contributed by atoms with Crippen molar-refractivity contribution in [3.63, 3.8) is 0 Å². The Hall–Kier alpha value is -2.00. The van der Waals surface area contributed by atoms with Gasteiger partial charge in [-0.3, -0.25) is 0 Å². The van der Waals surface area contributed by atoms with E-state index in [-0.39, 0.29) is 0 Å². The molecule has 7 nitrogen and oxygen atoms in total. The van der Waals surface area contributed by atoms with Gasteiger partial charge < -0.3 is 15.5 Å². The van der Waals surface area contributed by atoms with Gasteiger partial charge in [0.2, 0.25) is 5.95 Å². The van der Waals surface area contributed by atoms with Crippen LogP contribution in [0, 0.1) is 0 Å². The maximum Gasteiger partial charge on any atom is 0.232 e. The van der Waals surface area contributed by atoms with Gasteiger partial charge in [0.1, 0.15) is 10.8 Å². The van der Waals surface area contributed by atoms with Crippen LogP contribution in [0.2, 0.25) is 0 Å². The smallest absolute Gasteiger partial charge is 0.232 e. The van der Waals surface area contributed by atoms with E-state index in [4.69, 9.17) is 12.2 Å². The number of nitrogens with zero attached hydrogens (tertiary/aromatic N) is 5. The van der Waals surface area contributed by atoms with E-state index >= 15 is 0 Å². The Morgan fingerprint density at radius 3 is 2.69 bits per heavy atom. The molecule has 2 aromatic rings. The van der Waals surface area contributed by atoms with Gasteiger partial charge in [0, 0.05) is 38.1 Å². The number of nitrogens with one attached hydrogen (secondary N) is 2. The molecule has 3 rings (SSSR count). The fourth-order valence-electron chi connectivity index (χ4n) is 2.62. The average molecular weight is 390 g/mol. The zero-order chi connectivity index (χ0) is 18.2. The standard InChI is InChI=1S/C17H23N7S2/c1-2-7-18-16(25)23-15-21-13(24-10-4-3-5-11-24)12-14(22-15)26-17-19-8-6-9-20-17/h6,8-9,12H,2-5,7,10-11H2,1H3,(H2,18,21,22,23,25). The van der Waals surface area contributed by atoms with Crippen LogP contribution in [0.3, 0.4) is 0 Å². The van der Waals surface area contributed by atoms with Crippen LogP contribution in [0.25, 0.3) is 0 Å². The van der Waals surface area contributed by atoms with Crippen molar-refractivity contribution in [1.29, 1.82) is 0 Å². The van der Waals surface area contributed by atoms with Crippen molar-refractivity contribution >= 4 is 40.9 Å². The molecule has 0 atom stereocenters. The fraction of sp³-hybridized carbons (Fsp3) is 0.471. The van der Waals surface area contributed by atoms with E-state index in [0.717, 1.165) is 36.9 Å². The average Bonchev–Trinajstić information content (AvgIpc) is 2.67. The summed E-state index contributed by atoms with van der Waals surface area (Å²) in [6.07, 6.45) is 8.11. The first-order chi connectivity index (χ1) is 12.7. The quantitative estimate of drug-likeness (QED) is 0.440. The minimum Gasteiger partial charge on any atom is -0.362 e. The Morgan fingerprint density at radius 1 is 1.19 bits per heavy atom. The van der Waals surface area contributed by atoms with Gasteiger partial charge in [0.05, 0.1) is 0 Å². The number of thiocarbonyl (C=S) groups is 1. The van der Waals surface area contributed by atoms with Gasteiger partial charge in [-0.15, -0.1) is 0 Å². The van der Waals surface area contributed by atoms with Crippen molar-refractivity contribution in [2.24, 2.45) is 0 Å². The summed E-state index contributed by atoms with van der Waals surface area (Å²) in [7, 11) is 0. The molecule has 1 aliphatic heterocycles. The molecule has 1 aliphatic rings. The van der Waals surface area contributed by atoms with Gasteiger partial charge in [0.15, 0.2) is 10.3 Å². The monoisotopic (exact) mass is 389 g/mol. The second-order valence-electron chi connectivity index (χ2n) is 5.95. The van der Waals surface area contributed by atoms with E-state index < -0.39 is 0 Å². The highest BCUT2D eigenvalue weighted by molar-refractivity contribution is 7.99. The largest absolute Gasteiger partial charge is 0.362 e. The zero-order valence-electron chi connectivity index (χ0n) is 14.8. The van der Waals surface area contributed by atoms with E-state index in [9.17, 15) is 0 Å². The topological polar surface area (TPSA) is 78.9 Å². The summed E-state index contributed by atoms with van der Waals surface area (Å²) in [5, 5.41) is 8.24. The van der Waals surface area contributed by atoms with Gasteiger partial charge in [-0.25, -0.2) is 15.0 Å². The summed E-state index contributed by atoms with van der Waals surface area (Å²) >= 11 is 6.75. The Bertz CT molecular complexity index is 720. The molecule has 9 heteroatoms. The lowest BCUT2D eigenvalue weighted by Crippen LogP contribution is -2.32. The molecule has 1 fully saturated rings. The molecule has 0 saturated carbocycles. The Labute approximate surface area is 163 Å². The van der Waals surface area contributed by atoms with Crippen LogP contribution in [-0.4, -0.2) is 44.7 Å². The molecule has 0 aliphatic carbocycles. The molecule has 2 aromatic heterocycles. The van der Waals surface area contributed by atoms with Crippen LogP contribution in [-0.2, 0) is 0 Å². The molecule has 3 heterocycles. The third-order valence-electron chi connectivity index (χ3n) is 3.87. The summed E-state index contributed by atoms with van der Waals surface area (Å²) in [4.78, 5) is 20.1. The highest BCUT2D eigenvalue weighted by Gasteiger charge is 2.16. The van der Waals surface area contributed by atoms with Gasteiger partial charge in [-0.1, -0.05) is 6.92 Å². The van der Waals surface area contributed by atoms with E-state index in [1.54, 1.807) is 18.5 Å². The lowest BCUT2D eigenvalue weighted by molar-refractivity contribution is 0.572. The molecule has 0 spiro atoms. The third kappa shape index (κ3) is 5.50. The summed E-state index contributed by atoms with van der Waals surface area (Å²) in [6, 6.07) is 3.80. The van der Waals surface area contributed by atoms with Gasteiger partial charge in [-0.05, 0) is 55.7 Å². The molecule has 0 radical (unpaired) electrons. The normalized spacial score (nSPS) is 14.1. The third-order valence-corrected chi connectivity index (χ3v) is 4.93. The maximum absolute atomic E-state index is 5.33. The lowest BCUT2D eigenvalue weighted by Gasteiger charge is -2.28. The van der Waals surface area contributed by atoms with Crippen LogP contribution >= 0.6 is 24.0 Å². The van der Waals surface area contributed by atoms with Crippen molar-refractivity contribution in [2.45, 2.75) is 42.8 Å². The molecule has 0 amide bonds.